The second-order valence-corrected chi connectivity index (χ2v) is 5.38. The van der Waals surface area contributed by atoms with Crippen LogP contribution in [0.2, 0.25) is 0 Å². The first kappa shape index (κ1) is 15.8. The summed E-state index contributed by atoms with van der Waals surface area (Å²) in [6.07, 6.45) is 0.532. The largest absolute Gasteiger partial charge is 0.496 e. The van der Waals surface area contributed by atoms with Crippen LogP contribution in [0.25, 0.3) is 0 Å². The fraction of sp³-hybridized carbons (Fsp3) is 0.462. The van der Waals surface area contributed by atoms with E-state index in [0.717, 1.165) is 16.8 Å². The van der Waals surface area contributed by atoms with Crippen LogP contribution in [0.4, 0.5) is 0 Å². The number of oxime groups is 1. The topological polar surface area (TPSA) is 71.1 Å². The van der Waals surface area contributed by atoms with E-state index in [9.17, 15) is 0 Å². The van der Waals surface area contributed by atoms with Gasteiger partial charge in [0.05, 0.1) is 11.6 Å². The van der Waals surface area contributed by atoms with Crippen molar-refractivity contribution in [1.82, 2.24) is 4.90 Å². The van der Waals surface area contributed by atoms with Gasteiger partial charge in [0.15, 0.2) is 0 Å². The molecule has 5 nitrogen and oxygen atoms in total. The molecule has 0 radical (unpaired) electrons. The molecule has 6 heteroatoms. The monoisotopic (exact) mass is 329 g/mol. The van der Waals surface area contributed by atoms with Gasteiger partial charge in [-0.2, -0.15) is 0 Å². The maximum absolute atomic E-state index is 8.57. The van der Waals surface area contributed by atoms with Crippen molar-refractivity contribution < 1.29 is 9.94 Å². The summed E-state index contributed by atoms with van der Waals surface area (Å²) in [4.78, 5) is 2.15. The van der Waals surface area contributed by atoms with Crippen molar-refractivity contribution in [1.29, 1.82) is 0 Å². The lowest BCUT2D eigenvalue weighted by atomic mass is 10.1. The van der Waals surface area contributed by atoms with Gasteiger partial charge < -0.3 is 15.7 Å². The lowest BCUT2D eigenvalue weighted by molar-refractivity contribution is 0.251. The molecular weight excluding hydrogens is 310 g/mol. The third-order valence-electron chi connectivity index (χ3n) is 3.03. The van der Waals surface area contributed by atoms with Gasteiger partial charge in [0.2, 0.25) is 0 Å². The maximum Gasteiger partial charge on any atom is 0.140 e. The minimum absolute atomic E-state index is 0.191. The molecule has 0 fully saturated rings. The Kier molecular flexibility index (Phi) is 6.11. The minimum Gasteiger partial charge on any atom is -0.496 e. The summed E-state index contributed by atoms with van der Waals surface area (Å²) >= 11 is 3.47. The number of hydrogen-bond donors (Lipinski definition) is 2. The highest BCUT2D eigenvalue weighted by molar-refractivity contribution is 9.10. The van der Waals surface area contributed by atoms with E-state index < -0.39 is 0 Å². The Bertz CT molecular complexity index is 452. The normalized spacial score (nSPS) is 13.6. The second kappa shape index (κ2) is 7.35. The van der Waals surface area contributed by atoms with E-state index in [0.29, 0.717) is 6.42 Å². The molecule has 1 aromatic rings. The van der Waals surface area contributed by atoms with Gasteiger partial charge in [-0.15, -0.1) is 0 Å². The molecule has 0 heterocycles. The highest BCUT2D eigenvalue weighted by Gasteiger charge is 2.12. The van der Waals surface area contributed by atoms with Gasteiger partial charge >= 0.3 is 0 Å². The van der Waals surface area contributed by atoms with E-state index in [1.807, 2.05) is 32.2 Å². The molecule has 0 saturated heterocycles. The van der Waals surface area contributed by atoms with Crippen LogP contribution in [-0.4, -0.2) is 36.1 Å². The third kappa shape index (κ3) is 4.72. The average molecular weight is 330 g/mol. The summed E-state index contributed by atoms with van der Waals surface area (Å²) in [7, 11) is 3.65. The minimum atomic E-state index is 0.191. The van der Waals surface area contributed by atoms with Gasteiger partial charge in [0.1, 0.15) is 11.6 Å². The highest BCUT2D eigenvalue weighted by atomic mass is 79.9. The van der Waals surface area contributed by atoms with Crippen molar-refractivity contribution in [3.63, 3.8) is 0 Å². The number of methoxy groups -OCH3 is 1. The Hall–Kier alpha value is -1.27. The number of nitrogens with zero attached hydrogens (tertiary/aromatic N) is 2. The van der Waals surface area contributed by atoms with E-state index in [1.54, 1.807) is 7.11 Å². The van der Waals surface area contributed by atoms with Crippen molar-refractivity contribution in [2.45, 2.75) is 25.9 Å². The first-order valence-electron chi connectivity index (χ1n) is 5.97. The van der Waals surface area contributed by atoms with Crippen molar-refractivity contribution in [3.8, 4) is 5.75 Å². The number of ether oxygens (including phenoxy) is 1. The van der Waals surface area contributed by atoms with Crippen LogP contribution in [0.5, 0.6) is 5.75 Å². The molecule has 0 aliphatic rings. The van der Waals surface area contributed by atoms with Crippen LogP contribution >= 0.6 is 15.9 Å². The zero-order valence-corrected chi connectivity index (χ0v) is 13.0. The van der Waals surface area contributed by atoms with Crippen molar-refractivity contribution in [2.24, 2.45) is 10.9 Å². The molecule has 0 bridgehead atoms. The van der Waals surface area contributed by atoms with Crippen LogP contribution in [-0.2, 0) is 6.54 Å². The Morgan fingerprint density at radius 3 is 2.79 bits per heavy atom. The zero-order chi connectivity index (χ0) is 14.4. The number of rotatable bonds is 6. The van der Waals surface area contributed by atoms with Crippen LogP contribution in [0.15, 0.2) is 27.8 Å². The quantitative estimate of drug-likeness (QED) is 0.364. The summed E-state index contributed by atoms with van der Waals surface area (Å²) in [5.74, 6) is 1.06. The first-order chi connectivity index (χ1) is 8.97. The van der Waals surface area contributed by atoms with Crippen LogP contribution in [0, 0.1) is 0 Å². The lowest BCUT2D eigenvalue weighted by Gasteiger charge is -2.24. The number of hydrogen-bond acceptors (Lipinski definition) is 4. The standard InChI is InChI=1S/C13H20BrN3O2/c1-9(6-13(15)16-18)17(2)8-10-4-5-12(19-3)11(14)7-10/h4-5,7,9,18H,6,8H2,1-3H3,(H2,15,16). The van der Waals surface area contributed by atoms with Crippen molar-refractivity contribution >= 4 is 21.8 Å². The van der Waals surface area contributed by atoms with Gasteiger partial charge in [0.25, 0.3) is 0 Å². The molecular formula is C13H20BrN3O2. The van der Waals surface area contributed by atoms with Crippen molar-refractivity contribution in [3.05, 3.63) is 28.2 Å². The van der Waals surface area contributed by atoms with Gasteiger partial charge in [0, 0.05) is 19.0 Å². The van der Waals surface area contributed by atoms with E-state index in [2.05, 4.69) is 26.0 Å². The molecule has 0 aromatic heterocycles. The smallest absolute Gasteiger partial charge is 0.140 e. The van der Waals surface area contributed by atoms with Crippen molar-refractivity contribution in [2.75, 3.05) is 14.2 Å². The van der Waals surface area contributed by atoms with Gasteiger partial charge in [-0.3, -0.25) is 4.90 Å². The van der Waals surface area contributed by atoms with Gasteiger partial charge in [-0.05, 0) is 47.6 Å². The predicted octanol–water partition coefficient (Wildman–Crippen LogP) is 2.41. The number of nitrogens with two attached hydrogens (primary N) is 1. The second-order valence-electron chi connectivity index (χ2n) is 4.53. The zero-order valence-electron chi connectivity index (χ0n) is 11.4. The number of halogens is 1. The molecule has 19 heavy (non-hydrogen) atoms. The first-order valence-corrected chi connectivity index (χ1v) is 6.76. The Morgan fingerprint density at radius 2 is 2.26 bits per heavy atom. The van der Waals surface area contributed by atoms with E-state index >= 15 is 0 Å². The summed E-state index contributed by atoms with van der Waals surface area (Å²) in [5, 5.41) is 11.6. The van der Waals surface area contributed by atoms with Gasteiger partial charge in [-0.1, -0.05) is 11.2 Å². The molecule has 1 atom stereocenters. The molecule has 0 saturated carbocycles. The summed E-state index contributed by atoms with van der Waals surface area (Å²) in [6.45, 7) is 2.82. The Morgan fingerprint density at radius 1 is 1.58 bits per heavy atom. The summed E-state index contributed by atoms with van der Waals surface area (Å²) in [5.41, 5.74) is 6.68. The SMILES string of the molecule is COc1ccc(CN(C)C(C)CC(N)=NO)cc1Br. The third-order valence-corrected chi connectivity index (χ3v) is 3.65. The molecule has 106 valence electrons. The molecule has 3 N–H and O–H groups in total. The Balaban J connectivity index is 2.66. The molecule has 0 amide bonds. The van der Waals surface area contributed by atoms with Crippen LogP contribution < -0.4 is 10.5 Å². The molecule has 0 aliphatic carbocycles. The molecule has 0 spiro atoms. The van der Waals surface area contributed by atoms with E-state index in [1.165, 1.54) is 5.56 Å². The maximum atomic E-state index is 8.57. The molecule has 1 aromatic carbocycles. The highest BCUT2D eigenvalue weighted by Crippen LogP contribution is 2.26. The summed E-state index contributed by atoms with van der Waals surface area (Å²) < 4.78 is 6.13. The molecule has 0 aliphatic heterocycles. The van der Waals surface area contributed by atoms with Gasteiger partial charge in [-0.25, -0.2) is 0 Å². The van der Waals surface area contributed by atoms with Crippen LogP contribution in [0.3, 0.4) is 0 Å². The Labute approximate surface area is 122 Å². The fourth-order valence-electron chi connectivity index (χ4n) is 1.75. The lowest BCUT2D eigenvalue weighted by Crippen LogP contribution is -2.32. The number of amidine groups is 1. The van der Waals surface area contributed by atoms with E-state index in [4.69, 9.17) is 15.7 Å². The summed E-state index contributed by atoms with van der Waals surface area (Å²) in [6, 6.07) is 6.18. The molecule has 1 rings (SSSR count). The van der Waals surface area contributed by atoms with Crippen LogP contribution in [0.1, 0.15) is 18.9 Å². The average Bonchev–Trinajstić information content (AvgIpc) is 2.38. The van der Waals surface area contributed by atoms with E-state index in [-0.39, 0.29) is 11.9 Å². The fourth-order valence-corrected chi connectivity index (χ4v) is 2.34. The predicted molar refractivity (Wildman–Crippen MR) is 79.6 cm³/mol. The number of benzene rings is 1. The molecule has 1 unspecified atom stereocenters.